The fourth-order valence-electron chi connectivity index (χ4n) is 2.62. The van der Waals surface area contributed by atoms with Gasteiger partial charge >= 0.3 is 0 Å². The minimum Gasteiger partial charge on any atom is -0.393 e. The molecule has 1 aliphatic rings. The summed E-state index contributed by atoms with van der Waals surface area (Å²) in [6.07, 6.45) is 2.43. The van der Waals surface area contributed by atoms with E-state index in [1.165, 1.54) is 0 Å². The molecule has 1 aromatic carbocycles. The van der Waals surface area contributed by atoms with Crippen molar-refractivity contribution in [2.24, 2.45) is 0 Å². The molecule has 1 saturated carbocycles. The van der Waals surface area contributed by atoms with E-state index in [9.17, 15) is 13.5 Å². The number of benzene rings is 1. The summed E-state index contributed by atoms with van der Waals surface area (Å²) in [5.41, 5.74) is 1.12. The molecule has 2 N–H and O–H groups in total. The molecule has 0 aromatic heterocycles. The van der Waals surface area contributed by atoms with Gasteiger partial charge in [-0.25, -0.2) is 13.1 Å². The largest absolute Gasteiger partial charge is 0.393 e. The highest BCUT2D eigenvalue weighted by Crippen LogP contribution is 2.24. The van der Waals surface area contributed by atoms with Gasteiger partial charge in [-0.1, -0.05) is 32.9 Å². The van der Waals surface area contributed by atoms with Crippen molar-refractivity contribution in [3.05, 3.63) is 29.8 Å². The Bertz CT molecular complexity index is 565. The van der Waals surface area contributed by atoms with E-state index in [-0.39, 0.29) is 17.6 Å². The van der Waals surface area contributed by atoms with Crippen molar-refractivity contribution < 1.29 is 13.5 Å². The fraction of sp³-hybridized carbons (Fsp3) is 0.625. The molecule has 1 aromatic rings. The van der Waals surface area contributed by atoms with Gasteiger partial charge in [-0.3, -0.25) is 0 Å². The summed E-state index contributed by atoms with van der Waals surface area (Å²) < 4.78 is 27.5. The molecule has 0 radical (unpaired) electrons. The van der Waals surface area contributed by atoms with Gasteiger partial charge in [0.15, 0.2) is 0 Å². The normalized spacial score (nSPS) is 24.0. The molecule has 2 rings (SSSR count). The summed E-state index contributed by atoms with van der Waals surface area (Å²) in [4.78, 5) is 0.307. The summed E-state index contributed by atoms with van der Waals surface area (Å²) in [7, 11) is -3.47. The van der Waals surface area contributed by atoms with Crippen molar-refractivity contribution in [1.29, 1.82) is 0 Å². The van der Waals surface area contributed by atoms with Crippen LogP contribution in [0.15, 0.2) is 29.2 Å². The van der Waals surface area contributed by atoms with E-state index < -0.39 is 10.0 Å². The van der Waals surface area contributed by atoms with Gasteiger partial charge in [-0.05, 0) is 48.8 Å². The van der Waals surface area contributed by atoms with Crippen LogP contribution >= 0.6 is 0 Å². The van der Waals surface area contributed by atoms with E-state index in [1.54, 1.807) is 12.1 Å². The summed E-state index contributed by atoms with van der Waals surface area (Å²) in [5, 5.41) is 9.47. The highest BCUT2D eigenvalue weighted by molar-refractivity contribution is 7.89. The van der Waals surface area contributed by atoms with E-state index in [4.69, 9.17) is 0 Å². The molecule has 1 fully saturated rings. The van der Waals surface area contributed by atoms with Gasteiger partial charge in [0.25, 0.3) is 0 Å². The smallest absolute Gasteiger partial charge is 0.240 e. The quantitative estimate of drug-likeness (QED) is 0.901. The van der Waals surface area contributed by atoms with Crippen molar-refractivity contribution in [3.8, 4) is 0 Å². The van der Waals surface area contributed by atoms with Gasteiger partial charge in [0, 0.05) is 6.04 Å². The molecule has 1 aliphatic carbocycles. The zero-order valence-corrected chi connectivity index (χ0v) is 13.8. The van der Waals surface area contributed by atoms with Gasteiger partial charge in [0.1, 0.15) is 0 Å². The topological polar surface area (TPSA) is 66.4 Å². The Morgan fingerprint density at radius 1 is 1.05 bits per heavy atom. The molecule has 0 spiro atoms. The first kappa shape index (κ1) is 16.5. The minimum atomic E-state index is -3.47. The third-order valence-electron chi connectivity index (χ3n) is 4.05. The predicted molar refractivity (Wildman–Crippen MR) is 83.7 cm³/mol. The Morgan fingerprint density at radius 3 is 2.05 bits per heavy atom. The second kappa shape index (κ2) is 6.07. The molecule has 21 heavy (non-hydrogen) atoms. The molecule has 0 amide bonds. The lowest BCUT2D eigenvalue weighted by Crippen LogP contribution is -2.38. The van der Waals surface area contributed by atoms with Crippen LogP contribution in [0.2, 0.25) is 0 Å². The maximum atomic E-state index is 12.4. The van der Waals surface area contributed by atoms with Gasteiger partial charge in [-0.2, -0.15) is 0 Å². The summed E-state index contributed by atoms with van der Waals surface area (Å²) in [5.74, 6) is 0. The lowest BCUT2D eigenvalue weighted by molar-refractivity contribution is 0.120. The summed E-state index contributed by atoms with van der Waals surface area (Å²) in [6.45, 7) is 6.30. The molecular weight excluding hydrogens is 286 g/mol. The maximum absolute atomic E-state index is 12.4. The average Bonchev–Trinajstić information content (AvgIpc) is 2.40. The van der Waals surface area contributed by atoms with E-state index in [0.29, 0.717) is 30.6 Å². The van der Waals surface area contributed by atoms with Crippen LogP contribution < -0.4 is 4.72 Å². The molecule has 5 heteroatoms. The summed E-state index contributed by atoms with van der Waals surface area (Å²) >= 11 is 0. The van der Waals surface area contributed by atoms with Crippen LogP contribution in [0.5, 0.6) is 0 Å². The number of hydrogen-bond donors (Lipinski definition) is 2. The van der Waals surface area contributed by atoms with Gasteiger partial charge in [0.05, 0.1) is 11.0 Å². The molecule has 0 aliphatic heterocycles. The maximum Gasteiger partial charge on any atom is 0.240 e. The molecule has 0 heterocycles. The average molecular weight is 311 g/mol. The Hall–Kier alpha value is -0.910. The van der Waals surface area contributed by atoms with E-state index in [0.717, 1.165) is 5.56 Å². The van der Waals surface area contributed by atoms with E-state index in [2.05, 4.69) is 25.5 Å². The lowest BCUT2D eigenvalue weighted by Gasteiger charge is -2.26. The Labute approximate surface area is 127 Å². The molecule has 4 nitrogen and oxygen atoms in total. The molecule has 0 saturated heterocycles. The van der Waals surface area contributed by atoms with E-state index >= 15 is 0 Å². The highest BCUT2D eigenvalue weighted by Gasteiger charge is 2.25. The second-order valence-corrected chi connectivity index (χ2v) is 8.62. The zero-order valence-electron chi connectivity index (χ0n) is 13.0. The fourth-order valence-corrected chi connectivity index (χ4v) is 3.92. The van der Waals surface area contributed by atoms with Crippen LogP contribution in [0.3, 0.4) is 0 Å². The monoisotopic (exact) mass is 311 g/mol. The highest BCUT2D eigenvalue weighted by atomic mass is 32.2. The summed E-state index contributed by atoms with van der Waals surface area (Å²) in [6, 6.07) is 7.01. The number of sulfonamides is 1. The first-order valence-electron chi connectivity index (χ1n) is 7.49. The standard InChI is InChI=1S/C16H25NO3S/c1-16(2,3)12-4-10-15(11-5-12)21(19,20)17-13-6-8-14(18)9-7-13/h4-5,10-11,13-14,17-18H,6-9H2,1-3H3. The molecule has 0 unspecified atom stereocenters. The first-order chi connectivity index (χ1) is 9.68. The van der Waals surface area contributed by atoms with E-state index in [1.807, 2.05) is 12.1 Å². The molecule has 0 atom stereocenters. The van der Waals surface area contributed by atoms with Crippen molar-refractivity contribution in [2.45, 2.75) is 68.9 Å². The molecule has 0 bridgehead atoms. The molecule has 118 valence electrons. The SMILES string of the molecule is CC(C)(C)c1ccc(S(=O)(=O)NC2CCC(O)CC2)cc1. The molecular formula is C16H25NO3S. The number of rotatable bonds is 3. The lowest BCUT2D eigenvalue weighted by atomic mass is 9.87. The second-order valence-electron chi connectivity index (χ2n) is 6.90. The Kier molecular flexibility index (Phi) is 4.76. The van der Waals surface area contributed by atoms with Crippen molar-refractivity contribution in [1.82, 2.24) is 4.72 Å². The van der Waals surface area contributed by atoms with Crippen LogP contribution in [0, 0.1) is 0 Å². The van der Waals surface area contributed by atoms with Crippen molar-refractivity contribution in [2.75, 3.05) is 0 Å². The van der Waals surface area contributed by atoms with Crippen LogP contribution in [-0.2, 0) is 15.4 Å². The van der Waals surface area contributed by atoms with Crippen molar-refractivity contribution in [3.63, 3.8) is 0 Å². The first-order valence-corrected chi connectivity index (χ1v) is 8.98. The predicted octanol–water partition coefficient (Wildman–Crippen LogP) is 2.57. The zero-order chi connectivity index (χ0) is 15.7. The van der Waals surface area contributed by atoms with Crippen molar-refractivity contribution >= 4 is 10.0 Å². The van der Waals surface area contributed by atoms with Gasteiger partial charge in [0.2, 0.25) is 10.0 Å². The Balaban J connectivity index is 2.09. The number of nitrogens with one attached hydrogen (secondary N) is 1. The number of hydrogen-bond acceptors (Lipinski definition) is 3. The van der Waals surface area contributed by atoms with Crippen LogP contribution in [0.4, 0.5) is 0 Å². The van der Waals surface area contributed by atoms with Gasteiger partial charge in [-0.15, -0.1) is 0 Å². The van der Waals surface area contributed by atoms with Crippen LogP contribution in [-0.4, -0.2) is 25.7 Å². The van der Waals surface area contributed by atoms with Gasteiger partial charge < -0.3 is 5.11 Å². The number of aliphatic hydroxyl groups is 1. The number of aliphatic hydroxyl groups excluding tert-OH is 1. The van der Waals surface area contributed by atoms with Crippen LogP contribution in [0.25, 0.3) is 0 Å². The Morgan fingerprint density at radius 2 is 1.57 bits per heavy atom. The van der Waals surface area contributed by atoms with Crippen LogP contribution in [0.1, 0.15) is 52.0 Å². The third-order valence-corrected chi connectivity index (χ3v) is 5.59. The minimum absolute atomic E-state index is 0.00916. The third kappa shape index (κ3) is 4.28.